The van der Waals surface area contributed by atoms with Crippen molar-refractivity contribution in [2.24, 2.45) is 11.8 Å². The van der Waals surface area contributed by atoms with Crippen LogP contribution in [0.5, 0.6) is 0 Å². The van der Waals surface area contributed by atoms with Gasteiger partial charge in [0.2, 0.25) is 0 Å². The molecule has 0 saturated heterocycles. The smallest absolute Gasteiger partial charge is 0.329 e. The van der Waals surface area contributed by atoms with Crippen LogP contribution in [-0.2, 0) is 22.5 Å². The van der Waals surface area contributed by atoms with Crippen LogP contribution in [0.15, 0.2) is 48.5 Å². The van der Waals surface area contributed by atoms with Crippen LogP contribution in [0.25, 0.3) is 22.4 Å². The fourth-order valence-electron chi connectivity index (χ4n) is 5.02. The SMILES string of the molecule is CSCCc1c(-c2cccc(Cl)c2F)c(-c2ccccc2)nn1C[C@H]1CC[C@H](COCC(=O)O)CC1. The Morgan fingerprint density at radius 2 is 1.86 bits per heavy atom. The highest BCUT2D eigenvalue weighted by atomic mass is 35.5. The van der Waals surface area contributed by atoms with Crippen molar-refractivity contribution in [3.05, 3.63) is 65.1 Å². The van der Waals surface area contributed by atoms with E-state index in [-0.39, 0.29) is 11.6 Å². The van der Waals surface area contributed by atoms with Gasteiger partial charge >= 0.3 is 5.97 Å². The van der Waals surface area contributed by atoms with Crippen LogP contribution in [-0.4, -0.2) is 46.1 Å². The molecule has 0 bridgehead atoms. The highest BCUT2D eigenvalue weighted by Gasteiger charge is 2.27. The van der Waals surface area contributed by atoms with E-state index in [2.05, 4.69) is 10.9 Å². The highest BCUT2D eigenvalue weighted by Crippen LogP contribution is 2.39. The van der Waals surface area contributed by atoms with Crippen molar-refractivity contribution in [1.82, 2.24) is 9.78 Å². The monoisotopic (exact) mass is 530 g/mol. The molecule has 0 unspecified atom stereocenters. The molecule has 0 aliphatic heterocycles. The number of carboxylic acid groups (broad SMARTS) is 1. The Labute approximate surface area is 221 Å². The van der Waals surface area contributed by atoms with Gasteiger partial charge in [0.05, 0.1) is 11.6 Å². The molecule has 1 N–H and O–H groups in total. The Bertz CT molecular complexity index is 1160. The Hall–Kier alpha value is -2.35. The maximum absolute atomic E-state index is 15.3. The van der Waals surface area contributed by atoms with Gasteiger partial charge in [-0.05, 0) is 62.0 Å². The average molecular weight is 531 g/mol. The van der Waals surface area contributed by atoms with Crippen molar-refractivity contribution in [1.29, 1.82) is 0 Å². The number of carboxylic acids is 1. The molecule has 4 rings (SSSR count). The highest BCUT2D eigenvalue weighted by molar-refractivity contribution is 7.98. The van der Waals surface area contributed by atoms with Crippen LogP contribution < -0.4 is 0 Å². The van der Waals surface area contributed by atoms with E-state index in [1.807, 2.05) is 30.3 Å². The lowest BCUT2D eigenvalue weighted by Crippen LogP contribution is -2.24. The van der Waals surface area contributed by atoms with Gasteiger partial charge in [0.15, 0.2) is 0 Å². The first-order chi connectivity index (χ1) is 17.5. The number of aliphatic carboxylic acids is 1. The molecule has 1 fully saturated rings. The number of benzene rings is 2. The van der Waals surface area contributed by atoms with Gasteiger partial charge in [0.1, 0.15) is 18.1 Å². The molecule has 0 radical (unpaired) electrons. The third-order valence-corrected chi connectivity index (χ3v) is 7.75. The molecule has 1 saturated carbocycles. The molecule has 0 atom stereocenters. The number of aromatic nitrogens is 2. The standard InChI is InChI=1S/C28H32ClFN2O3S/c1-36-15-14-24-26(22-8-5-9-23(29)27(22)30)28(21-6-3-2-4-7-21)31-32(24)16-19-10-12-20(13-11-19)17-35-18-25(33)34/h2-9,19-20H,10-18H2,1H3,(H,33,34)/t19-,20-. The lowest BCUT2D eigenvalue weighted by atomic mass is 9.82. The van der Waals surface area contributed by atoms with Gasteiger partial charge in [-0.25, -0.2) is 9.18 Å². The first kappa shape index (κ1) is 26.7. The molecule has 8 heteroatoms. The Morgan fingerprint density at radius 3 is 2.56 bits per heavy atom. The van der Waals surface area contributed by atoms with E-state index in [0.29, 0.717) is 24.0 Å². The van der Waals surface area contributed by atoms with Gasteiger partial charge in [0.25, 0.3) is 0 Å². The molecule has 1 aromatic heterocycles. The number of ether oxygens (including phenoxy) is 1. The minimum atomic E-state index is -0.929. The Morgan fingerprint density at radius 1 is 1.14 bits per heavy atom. The molecule has 3 aromatic rings. The van der Waals surface area contributed by atoms with Gasteiger partial charge < -0.3 is 9.84 Å². The maximum atomic E-state index is 15.3. The fraction of sp³-hybridized carbons (Fsp3) is 0.429. The van der Waals surface area contributed by atoms with Gasteiger partial charge in [-0.1, -0.05) is 54.1 Å². The van der Waals surface area contributed by atoms with Crippen LogP contribution >= 0.6 is 23.4 Å². The van der Waals surface area contributed by atoms with Gasteiger partial charge in [-0.15, -0.1) is 0 Å². The van der Waals surface area contributed by atoms with Crippen LogP contribution in [0.4, 0.5) is 4.39 Å². The largest absolute Gasteiger partial charge is 0.480 e. The van der Waals surface area contributed by atoms with Crippen LogP contribution in [0, 0.1) is 17.7 Å². The van der Waals surface area contributed by atoms with Gasteiger partial charge in [-0.2, -0.15) is 16.9 Å². The predicted octanol–water partition coefficient (Wildman–Crippen LogP) is 6.82. The first-order valence-electron chi connectivity index (χ1n) is 12.4. The van der Waals surface area contributed by atoms with E-state index >= 15 is 4.39 Å². The van der Waals surface area contributed by atoms with Gasteiger partial charge in [0, 0.05) is 28.9 Å². The number of thioether (sulfide) groups is 1. The average Bonchev–Trinajstić information content (AvgIpc) is 3.23. The number of hydrogen-bond acceptors (Lipinski definition) is 4. The van der Waals surface area contributed by atoms with E-state index in [4.69, 9.17) is 26.5 Å². The summed E-state index contributed by atoms with van der Waals surface area (Å²) in [7, 11) is 0. The summed E-state index contributed by atoms with van der Waals surface area (Å²) in [4.78, 5) is 10.7. The summed E-state index contributed by atoms with van der Waals surface area (Å²) >= 11 is 7.96. The topological polar surface area (TPSA) is 64.4 Å². The van der Waals surface area contributed by atoms with Crippen LogP contribution in [0.3, 0.4) is 0 Å². The van der Waals surface area contributed by atoms with Crippen molar-refractivity contribution in [2.75, 3.05) is 25.2 Å². The Balaban J connectivity index is 1.64. The normalized spacial score (nSPS) is 17.9. The number of rotatable bonds is 11. The first-order valence-corrected chi connectivity index (χ1v) is 14.1. The zero-order chi connectivity index (χ0) is 25.5. The number of hydrogen-bond donors (Lipinski definition) is 1. The summed E-state index contributed by atoms with van der Waals surface area (Å²) in [5.74, 6) is 0.409. The zero-order valence-corrected chi connectivity index (χ0v) is 22.0. The quantitative estimate of drug-likeness (QED) is 0.294. The molecule has 2 aromatic carbocycles. The molecule has 1 heterocycles. The molecule has 5 nitrogen and oxygen atoms in total. The zero-order valence-electron chi connectivity index (χ0n) is 20.5. The van der Waals surface area contributed by atoms with E-state index in [0.717, 1.165) is 66.9 Å². The summed E-state index contributed by atoms with van der Waals surface area (Å²) in [6.45, 7) is 1.03. The number of nitrogens with zero attached hydrogens (tertiary/aromatic N) is 2. The maximum Gasteiger partial charge on any atom is 0.329 e. The van der Waals surface area contributed by atoms with Crippen molar-refractivity contribution in [2.45, 2.75) is 38.6 Å². The predicted molar refractivity (Wildman–Crippen MR) is 144 cm³/mol. The summed E-state index contributed by atoms with van der Waals surface area (Å²) < 4.78 is 22.7. The molecule has 1 aliphatic rings. The Kier molecular flexibility index (Phi) is 9.46. The minimum absolute atomic E-state index is 0.110. The van der Waals surface area contributed by atoms with E-state index in [1.165, 1.54) is 0 Å². The summed E-state index contributed by atoms with van der Waals surface area (Å²) in [5, 5.41) is 14.0. The third kappa shape index (κ3) is 6.50. The lowest BCUT2D eigenvalue weighted by Gasteiger charge is -2.28. The molecule has 36 heavy (non-hydrogen) atoms. The molecular formula is C28H32ClFN2O3S. The van der Waals surface area contributed by atoms with Gasteiger partial charge in [-0.3, -0.25) is 4.68 Å². The lowest BCUT2D eigenvalue weighted by molar-refractivity contribution is -0.142. The second kappa shape index (κ2) is 12.7. The van der Waals surface area contributed by atoms with E-state index in [1.54, 1.807) is 30.0 Å². The second-order valence-corrected chi connectivity index (χ2v) is 10.8. The number of carbonyl (C=O) groups is 1. The number of halogens is 2. The third-order valence-electron chi connectivity index (χ3n) is 6.85. The van der Waals surface area contributed by atoms with E-state index in [9.17, 15) is 4.79 Å². The van der Waals surface area contributed by atoms with Crippen LogP contribution in [0.2, 0.25) is 5.02 Å². The summed E-state index contributed by atoms with van der Waals surface area (Å²) in [5.41, 5.74) is 4.09. The van der Waals surface area contributed by atoms with Crippen molar-refractivity contribution >= 4 is 29.3 Å². The summed E-state index contributed by atoms with van der Waals surface area (Å²) in [6.07, 6.45) is 6.93. The molecule has 0 spiro atoms. The molecule has 0 amide bonds. The van der Waals surface area contributed by atoms with Crippen molar-refractivity contribution < 1.29 is 19.0 Å². The molecular weight excluding hydrogens is 499 g/mol. The van der Waals surface area contributed by atoms with Crippen molar-refractivity contribution in [3.63, 3.8) is 0 Å². The van der Waals surface area contributed by atoms with E-state index < -0.39 is 11.8 Å². The second-order valence-electron chi connectivity index (χ2n) is 9.36. The molecule has 1 aliphatic carbocycles. The summed E-state index contributed by atoms with van der Waals surface area (Å²) in [6, 6.07) is 15.1. The molecule has 192 valence electrons. The van der Waals surface area contributed by atoms with Crippen molar-refractivity contribution in [3.8, 4) is 22.4 Å². The van der Waals surface area contributed by atoms with Crippen LogP contribution in [0.1, 0.15) is 31.4 Å². The fourth-order valence-corrected chi connectivity index (χ4v) is 5.59. The minimum Gasteiger partial charge on any atom is -0.480 e.